The number of benzene rings is 2. The van der Waals surface area contributed by atoms with E-state index in [0.717, 1.165) is 24.8 Å². The van der Waals surface area contributed by atoms with E-state index in [-0.39, 0.29) is 43.0 Å². The van der Waals surface area contributed by atoms with E-state index >= 15 is 0 Å². The lowest BCUT2D eigenvalue weighted by atomic mass is 9.94. The number of ether oxygens (including phenoxy) is 3. The molecular formula is C33H39N5O6. The average molecular weight is 602 g/mol. The Morgan fingerprint density at radius 3 is 2.55 bits per heavy atom. The van der Waals surface area contributed by atoms with Crippen molar-refractivity contribution in [1.82, 2.24) is 20.0 Å². The SMILES string of the molecule is CC(C)(C)OC(=O)N1CCC(CCn2cc3c(n2)C(=O)N[C@H](Cc2ccccc2)CN3C(=O)c2ccc3c(c2)OCO3)CC1. The molecule has 3 amide bonds. The van der Waals surface area contributed by atoms with E-state index in [2.05, 4.69) is 10.4 Å². The molecule has 3 aliphatic heterocycles. The number of hydrogen-bond donors (Lipinski definition) is 1. The number of carbonyl (C=O) groups is 3. The van der Waals surface area contributed by atoms with Crippen molar-refractivity contribution in [2.75, 3.05) is 31.3 Å². The summed E-state index contributed by atoms with van der Waals surface area (Å²) in [5, 5.41) is 7.78. The summed E-state index contributed by atoms with van der Waals surface area (Å²) in [5.74, 6) is 0.989. The number of piperidine rings is 1. The van der Waals surface area contributed by atoms with Gasteiger partial charge in [0, 0.05) is 37.9 Å². The number of likely N-dealkylation sites (tertiary alicyclic amines) is 1. The van der Waals surface area contributed by atoms with Gasteiger partial charge in [0.15, 0.2) is 17.2 Å². The Hall–Kier alpha value is -4.54. The van der Waals surface area contributed by atoms with Crippen LogP contribution in [0.1, 0.15) is 66.4 Å². The highest BCUT2D eigenvalue weighted by Gasteiger charge is 2.34. The van der Waals surface area contributed by atoms with E-state index < -0.39 is 5.60 Å². The molecule has 6 rings (SSSR count). The number of nitrogens with one attached hydrogen (secondary N) is 1. The van der Waals surface area contributed by atoms with Crippen LogP contribution in [0, 0.1) is 5.92 Å². The summed E-state index contributed by atoms with van der Waals surface area (Å²) >= 11 is 0. The van der Waals surface area contributed by atoms with E-state index in [1.807, 2.05) is 51.1 Å². The topological polar surface area (TPSA) is 115 Å². The first-order valence-electron chi connectivity index (χ1n) is 15.2. The number of aromatic nitrogens is 2. The number of anilines is 1. The van der Waals surface area contributed by atoms with Crippen molar-refractivity contribution in [2.45, 2.75) is 64.6 Å². The zero-order chi connectivity index (χ0) is 30.8. The summed E-state index contributed by atoms with van der Waals surface area (Å²) in [6.45, 7) is 7.92. The highest BCUT2D eigenvalue weighted by molar-refractivity contribution is 6.10. The standard InChI is InChI=1S/C33H39N5O6/c1-33(2,3)44-32(41)36-14-11-22(12-15-36)13-16-37-20-26-29(35-37)30(39)34-25(17-23-7-5-4-6-8-23)19-38(26)31(40)24-9-10-27-28(18-24)43-21-42-27/h4-10,18,20,22,25H,11-17,19,21H2,1-3H3,(H,34,39)/t25-/m1/s1. The van der Waals surface area contributed by atoms with E-state index in [4.69, 9.17) is 14.2 Å². The Kier molecular flexibility index (Phi) is 8.20. The molecule has 2 aromatic carbocycles. The van der Waals surface area contributed by atoms with Crippen LogP contribution in [-0.2, 0) is 17.7 Å². The predicted octanol–water partition coefficient (Wildman–Crippen LogP) is 4.65. The van der Waals surface area contributed by atoms with Crippen LogP contribution in [0.2, 0.25) is 0 Å². The fourth-order valence-electron chi connectivity index (χ4n) is 5.94. The Balaban J connectivity index is 1.18. The number of fused-ring (bicyclic) bond motifs is 2. The van der Waals surface area contributed by atoms with Crippen molar-refractivity contribution < 1.29 is 28.6 Å². The van der Waals surface area contributed by atoms with E-state index in [1.165, 1.54) is 0 Å². The molecule has 11 heteroatoms. The monoisotopic (exact) mass is 601 g/mol. The summed E-state index contributed by atoms with van der Waals surface area (Å²) in [4.78, 5) is 43.4. The second kappa shape index (κ2) is 12.2. The van der Waals surface area contributed by atoms with Crippen molar-refractivity contribution in [1.29, 1.82) is 0 Å². The number of hydrogen-bond acceptors (Lipinski definition) is 7. The Morgan fingerprint density at radius 1 is 1.05 bits per heavy atom. The molecule has 0 bridgehead atoms. The van der Waals surface area contributed by atoms with Crippen molar-refractivity contribution in [3.8, 4) is 11.5 Å². The first kappa shape index (κ1) is 29.5. The molecule has 4 heterocycles. The van der Waals surface area contributed by atoms with Crippen molar-refractivity contribution in [3.05, 3.63) is 71.5 Å². The van der Waals surface area contributed by atoms with Crippen LogP contribution >= 0.6 is 0 Å². The quantitative estimate of drug-likeness (QED) is 0.437. The third kappa shape index (κ3) is 6.66. The molecule has 11 nitrogen and oxygen atoms in total. The van der Waals surface area contributed by atoms with Crippen LogP contribution in [0.25, 0.3) is 0 Å². The lowest BCUT2D eigenvalue weighted by Crippen LogP contribution is -2.44. The predicted molar refractivity (Wildman–Crippen MR) is 163 cm³/mol. The molecule has 232 valence electrons. The molecule has 1 saturated heterocycles. The minimum Gasteiger partial charge on any atom is -0.454 e. The van der Waals surface area contributed by atoms with Gasteiger partial charge in [-0.25, -0.2) is 4.79 Å². The van der Waals surface area contributed by atoms with Gasteiger partial charge in [0.05, 0.1) is 11.7 Å². The van der Waals surface area contributed by atoms with Gasteiger partial charge in [-0.1, -0.05) is 30.3 Å². The van der Waals surface area contributed by atoms with Gasteiger partial charge in [0.2, 0.25) is 6.79 Å². The maximum absolute atomic E-state index is 14.0. The second-order valence-corrected chi connectivity index (χ2v) is 12.7. The minimum atomic E-state index is -0.516. The van der Waals surface area contributed by atoms with Gasteiger partial charge in [-0.2, -0.15) is 5.10 Å². The Bertz CT molecular complexity index is 1520. The fourth-order valence-corrected chi connectivity index (χ4v) is 5.94. The smallest absolute Gasteiger partial charge is 0.410 e. The third-order valence-corrected chi connectivity index (χ3v) is 8.21. The zero-order valence-corrected chi connectivity index (χ0v) is 25.5. The fraction of sp³-hybridized carbons (Fsp3) is 0.455. The lowest BCUT2D eigenvalue weighted by molar-refractivity contribution is 0.0179. The summed E-state index contributed by atoms with van der Waals surface area (Å²) in [5.41, 5.74) is 1.71. The van der Waals surface area contributed by atoms with Gasteiger partial charge < -0.3 is 29.3 Å². The van der Waals surface area contributed by atoms with Crippen LogP contribution in [0.15, 0.2) is 54.7 Å². The second-order valence-electron chi connectivity index (χ2n) is 12.7. The number of rotatable bonds is 6. The highest BCUT2D eigenvalue weighted by Crippen LogP contribution is 2.34. The molecule has 0 spiro atoms. The first-order valence-corrected chi connectivity index (χ1v) is 15.2. The average Bonchev–Trinajstić information content (AvgIpc) is 3.63. The van der Waals surface area contributed by atoms with Gasteiger partial charge in [-0.3, -0.25) is 14.3 Å². The number of carbonyl (C=O) groups excluding carboxylic acids is 3. The van der Waals surface area contributed by atoms with Crippen LogP contribution in [0.5, 0.6) is 11.5 Å². The summed E-state index contributed by atoms with van der Waals surface area (Å²) < 4.78 is 18.2. The molecule has 3 aliphatic rings. The van der Waals surface area contributed by atoms with Crippen molar-refractivity contribution >= 4 is 23.6 Å². The number of amides is 3. The molecule has 1 aromatic heterocycles. The molecule has 0 radical (unpaired) electrons. The van der Waals surface area contributed by atoms with Gasteiger partial charge in [-0.05, 0) is 76.1 Å². The summed E-state index contributed by atoms with van der Waals surface area (Å²) in [6, 6.07) is 14.7. The molecule has 1 fully saturated rings. The van der Waals surface area contributed by atoms with Crippen molar-refractivity contribution in [3.63, 3.8) is 0 Å². The summed E-state index contributed by atoms with van der Waals surface area (Å²) in [7, 11) is 0. The van der Waals surface area contributed by atoms with Gasteiger partial charge >= 0.3 is 6.09 Å². The molecular weight excluding hydrogens is 562 g/mol. The third-order valence-electron chi connectivity index (χ3n) is 8.21. The first-order chi connectivity index (χ1) is 21.1. The zero-order valence-electron chi connectivity index (χ0n) is 25.5. The maximum Gasteiger partial charge on any atom is 0.410 e. The molecule has 0 saturated carbocycles. The highest BCUT2D eigenvalue weighted by atomic mass is 16.7. The molecule has 0 aliphatic carbocycles. The number of aryl methyl sites for hydroxylation is 1. The van der Waals surface area contributed by atoms with Crippen LogP contribution < -0.4 is 19.7 Å². The molecule has 1 atom stereocenters. The Morgan fingerprint density at radius 2 is 1.80 bits per heavy atom. The lowest BCUT2D eigenvalue weighted by Gasteiger charge is -2.33. The van der Waals surface area contributed by atoms with E-state index in [1.54, 1.807) is 38.9 Å². The molecule has 44 heavy (non-hydrogen) atoms. The normalized spacial score (nSPS) is 18.4. The molecule has 0 unspecified atom stereocenters. The van der Waals surface area contributed by atoms with Gasteiger partial charge in [-0.15, -0.1) is 0 Å². The van der Waals surface area contributed by atoms with Gasteiger partial charge in [0.1, 0.15) is 5.60 Å². The number of nitrogens with zero attached hydrogens (tertiary/aromatic N) is 4. The summed E-state index contributed by atoms with van der Waals surface area (Å²) in [6.07, 6.45) is 4.70. The van der Waals surface area contributed by atoms with Crippen molar-refractivity contribution in [2.24, 2.45) is 5.92 Å². The van der Waals surface area contributed by atoms with Gasteiger partial charge in [0.25, 0.3) is 11.8 Å². The molecule has 1 N–H and O–H groups in total. The maximum atomic E-state index is 14.0. The minimum absolute atomic E-state index is 0.116. The van der Waals surface area contributed by atoms with E-state index in [0.29, 0.717) is 54.7 Å². The molecule has 3 aromatic rings. The van der Waals surface area contributed by atoms with Crippen LogP contribution in [0.3, 0.4) is 0 Å². The Labute approximate surface area is 257 Å². The van der Waals surface area contributed by atoms with Crippen LogP contribution in [-0.4, -0.2) is 70.7 Å². The van der Waals surface area contributed by atoms with Crippen LogP contribution in [0.4, 0.5) is 10.5 Å². The van der Waals surface area contributed by atoms with E-state index in [9.17, 15) is 14.4 Å². The largest absolute Gasteiger partial charge is 0.454 e.